The van der Waals surface area contributed by atoms with Crippen molar-refractivity contribution in [2.75, 3.05) is 31.1 Å². The summed E-state index contributed by atoms with van der Waals surface area (Å²) in [4.78, 5) is 21.0. The number of carbonyl (C=O) groups excluding carboxylic acids is 1. The Kier molecular flexibility index (Phi) is 4.98. The van der Waals surface area contributed by atoms with Gasteiger partial charge in [-0.15, -0.1) is 0 Å². The van der Waals surface area contributed by atoms with Gasteiger partial charge in [0.1, 0.15) is 12.1 Å². The Morgan fingerprint density at radius 1 is 1.17 bits per heavy atom. The lowest BCUT2D eigenvalue weighted by atomic mass is 10.1. The third kappa shape index (κ3) is 3.67. The minimum Gasteiger partial charge on any atom is -0.480 e. The SMILES string of the molecule is CC(C)[C@@H](Oc1ccccc1)C(=O)N1CCN(c2ncn[nH]2)CC1. The Morgan fingerprint density at radius 3 is 2.46 bits per heavy atom. The van der Waals surface area contributed by atoms with Gasteiger partial charge in [0.05, 0.1) is 0 Å². The molecule has 3 rings (SSSR count). The lowest BCUT2D eigenvalue weighted by Gasteiger charge is -2.36. The molecule has 0 aliphatic carbocycles. The summed E-state index contributed by atoms with van der Waals surface area (Å²) >= 11 is 0. The van der Waals surface area contributed by atoms with Crippen LogP contribution < -0.4 is 9.64 Å². The van der Waals surface area contributed by atoms with E-state index in [-0.39, 0.29) is 11.8 Å². The van der Waals surface area contributed by atoms with E-state index in [9.17, 15) is 4.79 Å². The number of anilines is 1. The Hall–Kier alpha value is -2.57. The summed E-state index contributed by atoms with van der Waals surface area (Å²) in [6.45, 7) is 6.79. The Balaban J connectivity index is 1.61. The molecule has 1 aliphatic heterocycles. The number of carbonyl (C=O) groups is 1. The van der Waals surface area contributed by atoms with Crippen LogP contribution in [0.4, 0.5) is 5.95 Å². The number of piperazine rings is 1. The molecule has 1 fully saturated rings. The van der Waals surface area contributed by atoms with Crippen molar-refractivity contribution >= 4 is 11.9 Å². The van der Waals surface area contributed by atoms with Gasteiger partial charge in [0.15, 0.2) is 6.10 Å². The molecular weight excluding hydrogens is 306 g/mol. The maximum absolute atomic E-state index is 12.9. The normalized spacial score (nSPS) is 16.3. The third-order valence-corrected chi connectivity index (χ3v) is 4.15. The Labute approximate surface area is 141 Å². The average molecular weight is 329 g/mol. The highest BCUT2D eigenvalue weighted by Gasteiger charge is 2.31. The molecule has 7 heteroatoms. The van der Waals surface area contributed by atoms with Crippen molar-refractivity contribution in [2.24, 2.45) is 5.92 Å². The number of aromatic nitrogens is 3. The number of nitrogens with zero attached hydrogens (tertiary/aromatic N) is 4. The van der Waals surface area contributed by atoms with Crippen molar-refractivity contribution in [3.05, 3.63) is 36.7 Å². The molecule has 1 atom stereocenters. The van der Waals surface area contributed by atoms with Gasteiger partial charge in [0, 0.05) is 26.2 Å². The maximum atomic E-state index is 12.9. The fraction of sp³-hybridized carbons (Fsp3) is 0.471. The van der Waals surface area contributed by atoms with E-state index >= 15 is 0 Å². The summed E-state index contributed by atoms with van der Waals surface area (Å²) in [5.41, 5.74) is 0. The average Bonchev–Trinajstić information content (AvgIpc) is 3.14. The molecule has 1 N–H and O–H groups in total. The molecule has 2 aromatic rings. The van der Waals surface area contributed by atoms with Crippen LogP contribution in [0.1, 0.15) is 13.8 Å². The van der Waals surface area contributed by atoms with Gasteiger partial charge in [-0.2, -0.15) is 10.1 Å². The van der Waals surface area contributed by atoms with E-state index in [0.717, 1.165) is 24.8 Å². The first kappa shape index (κ1) is 16.3. The first-order chi connectivity index (χ1) is 11.6. The zero-order valence-corrected chi connectivity index (χ0v) is 14.1. The summed E-state index contributed by atoms with van der Waals surface area (Å²) in [6, 6.07) is 9.51. The summed E-state index contributed by atoms with van der Waals surface area (Å²) in [7, 11) is 0. The number of nitrogens with one attached hydrogen (secondary N) is 1. The van der Waals surface area contributed by atoms with Gasteiger partial charge >= 0.3 is 0 Å². The molecule has 0 saturated carbocycles. The predicted octanol–water partition coefficient (Wildman–Crippen LogP) is 1.56. The van der Waals surface area contributed by atoms with Gasteiger partial charge in [-0.3, -0.25) is 4.79 Å². The molecule has 1 amide bonds. The van der Waals surface area contributed by atoms with E-state index in [1.807, 2.05) is 49.1 Å². The number of hydrogen-bond donors (Lipinski definition) is 1. The second-order valence-corrected chi connectivity index (χ2v) is 6.22. The monoisotopic (exact) mass is 329 g/mol. The van der Waals surface area contributed by atoms with Gasteiger partial charge in [-0.05, 0) is 18.1 Å². The van der Waals surface area contributed by atoms with Gasteiger partial charge in [0.2, 0.25) is 5.95 Å². The molecular formula is C17H23N5O2. The minimum absolute atomic E-state index is 0.0473. The van der Waals surface area contributed by atoms with Gasteiger partial charge in [-0.25, -0.2) is 5.10 Å². The fourth-order valence-corrected chi connectivity index (χ4v) is 2.79. The first-order valence-electron chi connectivity index (χ1n) is 8.26. The van der Waals surface area contributed by atoms with Crippen LogP contribution in [0.2, 0.25) is 0 Å². The number of para-hydroxylation sites is 1. The maximum Gasteiger partial charge on any atom is 0.264 e. The van der Waals surface area contributed by atoms with Crippen LogP contribution in [0.5, 0.6) is 5.75 Å². The number of ether oxygens (including phenoxy) is 1. The zero-order valence-electron chi connectivity index (χ0n) is 14.1. The molecule has 0 spiro atoms. The number of H-pyrrole nitrogens is 1. The fourth-order valence-electron chi connectivity index (χ4n) is 2.79. The molecule has 0 bridgehead atoms. The Bertz CT molecular complexity index is 636. The summed E-state index contributed by atoms with van der Waals surface area (Å²) in [5.74, 6) is 1.63. The van der Waals surface area contributed by atoms with Crippen LogP contribution >= 0.6 is 0 Å². The molecule has 7 nitrogen and oxygen atoms in total. The molecule has 1 aromatic carbocycles. The van der Waals surface area contributed by atoms with Crippen molar-refractivity contribution in [1.29, 1.82) is 0 Å². The topological polar surface area (TPSA) is 74.3 Å². The number of benzene rings is 1. The van der Waals surface area contributed by atoms with E-state index in [0.29, 0.717) is 13.1 Å². The van der Waals surface area contributed by atoms with Gasteiger partial charge in [-0.1, -0.05) is 32.0 Å². The zero-order chi connectivity index (χ0) is 16.9. The third-order valence-electron chi connectivity index (χ3n) is 4.15. The van der Waals surface area contributed by atoms with Crippen LogP contribution in [-0.2, 0) is 4.79 Å². The molecule has 2 heterocycles. The Morgan fingerprint density at radius 2 is 1.88 bits per heavy atom. The van der Waals surface area contributed by atoms with E-state index < -0.39 is 6.10 Å². The summed E-state index contributed by atoms with van der Waals surface area (Å²) < 4.78 is 5.96. The summed E-state index contributed by atoms with van der Waals surface area (Å²) in [6.07, 6.45) is 1.03. The summed E-state index contributed by atoms with van der Waals surface area (Å²) in [5, 5.41) is 6.73. The molecule has 0 unspecified atom stereocenters. The molecule has 128 valence electrons. The predicted molar refractivity (Wildman–Crippen MR) is 90.9 cm³/mol. The molecule has 1 aromatic heterocycles. The van der Waals surface area contributed by atoms with Crippen molar-refractivity contribution in [2.45, 2.75) is 20.0 Å². The highest BCUT2D eigenvalue weighted by atomic mass is 16.5. The molecule has 24 heavy (non-hydrogen) atoms. The van der Waals surface area contributed by atoms with Crippen molar-refractivity contribution in [3.63, 3.8) is 0 Å². The smallest absolute Gasteiger partial charge is 0.264 e. The van der Waals surface area contributed by atoms with Crippen molar-refractivity contribution < 1.29 is 9.53 Å². The van der Waals surface area contributed by atoms with Gasteiger partial charge < -0.3 is 14.5 Å². The van der Waals surface area contributed by atoms with Gasteiger partial charge in [0.25, 0.3) is 5.91 Å². The van der Waals surface area contributed by atoms with Crippen molar-refractivity contribution in [1.82, 2.24) is 20.1 Å². The lowest BCUT2D eigenvalue weighted by Crippen LogP contribution is -2.53. The van der Waals surface area contributed by atoms with E-state index in [1.165, 1.54) is 6.33 Å². The van der Waals surface area contributed by atoms with Crippen LogP contribution in [0.3, 0.4) is 0 Å². The number of aromatic amines is 1. The second-order valence-electron chi connectivity index (χ2n) is 6.22. The van der Waals surface area contributed by atoms with Crippen LogP contribution in [-0.4, -0.2) is 58.3 Å². The highest BCUT2D eigenvalue weighted by molar-refractivity contribution is 5.81. The largest absolute Gasteiger partial charge is 0.480 e. The van der Waals surface area contributed by atoms with Crippen LogP contribution in [0.25, 0.3) is 0 Å². The standard InChI is InChI=1S/C17H23N5O2/c1-13(2)15(24-14-6-4-3-5-7-14)16(23)21-8-10-22(11-9-21)17-18-12-19-20-17/h3-7,12-13,15H,8-11H2,1-2H3,(H,18,19,20)/t15-/m1/s1. The molecule has 1 saturated heterocycles. The highest BCUT2D eigenvalue weighted by Crippen LogP contribution is 2.18. The van der Waals surface area contributed by atoms with Crippen LogP contribution in [0, 0.1) is 5.92 Å². The lowest BCUT2D eigenvalue weighted by molar-refractivity contribution is -0.141. The molecule has 1 aliphatic rings. The number of amides is 1. The van der Waals surface area contributed by atoms with E-state index in [4.69, 9.17) is 4.74 Å². The van der Waals surface area contributed by atoms with E-state index in [1.54, 1.807) is 0 Å². The second kappa shape index (κ2) is 7.33. The van der Waals surface area contributed by atoms with Crippen molar-refractivity contribution in [3.8, 4) is 5.75 Å². The first-order valence-corrected chi connectivity index (χ1v) is 8.26. The van der Waals surface area contributed by atoms with Crippen LogP contribution in [0.15, 0.2) is 36.7 Å². The minimum atomic E-state index is -0.468. The number of rotatable bonds is 5. The van der Waals surface area contributed by atoms with E-state index in [2.05, 4.69) is 20.1 Å². The number of hydrogen-bond acceptors (Lipinski definition) is 5. The quantitative estimate of drug-likeness (QED) is 0.901. The molecule has 0 radical (unpaired) electrons.